The van der Waals surface area contributed by atoms with E-state index in [2.05, 4.69) is 0 Å². The first-order valence-electron chi connectivity index (χ1n) is 3.32. The van der Waals surface area contributed by atoms with Crippen LogP contribution in [0.15, 0.2) is 0 Å². The average Bonchev–Trinajstić information content (AvgIpc) is 2.12. The van der Waals surface area contributed by atoms with E-state index in [4.69, 9.17) is 25.5 Å². The molecule has 0 aromatic heterocycles. The molecule has 0 saturated carbocycles. The van der Waals surface area contributed by atoms with Crippen LogP contribution in [0.2, 0.25) is 0 Å². The SMILES string of the molecule is O.O=C[C@H](O)[C@@H](O)[C@@H](O)[C@H](O)C(=O)O. The molecule has 84 valence electrons. The summed E-state index contributed by atoms with van der Waals surface area (Å²) in [4.78, 5) is 20.0. The molecule has 0 aliphatic carbocycles. The first-order valence-corrected chi connectivity index (χ1v) is 3.32. The van der Waals surface area contributed by atoms with Crippen LogP contribution in [0.5, 0.6) is 0 Å². The molecule has 0 heterocycles. The third-order valence-corrected chi connectivity index (χ3v) is 1.42. The molecule has 0 saturated heterocycles. The highest BCUT2D eigenvalue weighted by molar-refractivity contribution is 5.73. The van der Waals surface area contributed by atoms with E-state index in [1.807, 2.05) is 0 Å². The fraction of sp³-hybridized carbons (Fsp3) is 0.667. The van der Waals surface area contributed by atoms with E-state index in [1.165, 1.54) is 0 Å². The van der Waals surface area contributed by atoms with Gasteiger partial charge in [0, 0.05) is 0 Å². The zero-order chi connectivity index (χ0) is 10.6. The molecule has 7 N–H and O–H groups in total. The summed E-state index contributed by atoms with van der Waals surface area (Å²) < 4.78 is 0. The molecule has 0 aliphatic rings. The maximum atomic E-state index is 10.1. The number of carboxylic acids is 1. The summed E-state index contributed by atoms with van der Waals surface area (Å²) in [5.74, 6) is -1.76. The Balaban J connectivity index is 0. The molecule has 0 aliphatic heterocycles. The molecule has 0 aromatic rings. The fourth-order valence-electron chi connectivity index (χ4n) is 0.615. The first kappa shape index (κ1) is 15.4. The normalized spacial score (nSPS) is 18.6. The van der Waals surface area contributed by atoms with Crippen LogP contribution >= 0.6 is 0 Å². The molecule has 14 heavy (non-hydrogen) atoms. The van der Waals surface area contributed by atoms with E-state index in [0.29, 0.717) is 0 Å². The van der Waals surface area contributed by atoms with Crippen LogP contribution in [0.3, 0.4) is 0 Å². The third kappa shape index (κ3) is 3.77. The molecule has 0 spiro atoms. The van der Waals surface area contributed by atoms with Gasteiger partial charge in [-0.15, -0.1) is 0 Å². The third-order valence-electron chi connectivity index (χ3n) is 1.42. The number of hydrogen-bond acceptors (Lipinski definition) is 6. The van der Waals surface area contributed by atoms with Gasteiger partial charge in [0.2, 0.25) is 0 Å². The zero-order valence-electron chi connectivity index (χ0n) is 6.94. The van der Waals surface area contributed by atoms with Crippen LogP contribution in [-0.4, -0.2) is 67.7 Å². The second-order valence-corrected chi connectivity index (χ2v) is 2.39. The molecule has 0 aromatic carbocycles. The lowest BCUT2D eigenvalue weighted by Gasteiger charge is -2.21. The molecule has 0 radical (unpaired) electrons. The van der Waals surface area contributed by atoms with Gasteiger partial charge in [-0.05, 0) is 0 Å². The highest BCUT2D eigenvalue weighted by Crippen LogP contribution is 2.03. The van der Waals surface area contributed by atoms with E-state index in [9.17, 15) is 9.59 Å². The van der Waals surface area contributed by atoms with E-state index in [-0.39, 0.29) is 11.8 Å². The number of hydrogen-bond donors (Lipinski definition) is 5. The van der Waals surface area contributed by atoms with Crippen molar-refractivity contribution in [3.05, 3.63) is 0 Å². The molecular formula is C6H12O8. The summed E-state index contributed by atoms with van der Waals surface area (Å²) >= 11 is 0. The van der Waals surface area contributed by atoms with Gasteiger partial charge in [-0.2, -0.15) is 0 Å². The Hall–Kier alpha value is -1.06. The monoisotopic (exact) mass is 212 g/mol. The second kappa shape index (κ2) is 6.40. The van der Waals surface area contributed by atoms with Crippen LogP contribution in [0.1, 0.15) is 0 Å². The number of aldehydes is 1. The molecule has 4 atom stereocenters. The quantitative estimate of drug-likeness (QED) is 0.288. The Bertz CT molecular complexity index is 192. The van der Waals surface area contributed by atoms with Crippen molar-refractivity contribution in [3.8, 4) is 0 Å². The second-order valence-electron chi connectivity index (χ2n) is 2.39. The van der Waals surface area contributed by atoms with Gasteiger partial charge in [0.25, 0.3) is 0 Å². The smallest absolute Gasteiger partial charge is 0.335 e. The Morgan fingerprint density at radius 1 is 1.07 bits per heavy atom. The number of aliphatic hydroxyl groups is 4. The molecule has 8 nitrogen and oxygen atoms in total. The minimum Gasteiger partial charge on any atom is -0.479 e. The van der Waals surface area contributed by atoms with Crippen LogP contribution in [0.25, 0.3) is 0 Å². The van der Waals surface area contributed by atoms with Gasteiger partial charge >= 0.3 is 5.97 Å². The van der Waals surface area contributed by atoms with Crippen LogP contribution < -0.4 is 0 Å². The predicted octanol–water partition coefficient (Wildman–Crippen LogP) is -4.11. The van der Waals surface area contributed by atoms with Crippen molar-refractivity contribution < 1.29 is 40.6 Å². The number of carboxylic acid groups (broad SMARTS) is 1. The summed E-state index contributed by atoms with van der Waals surface area (Å²) in [6.45, 7) is 0. The molecule has 0 unspecified atom stereocenters. The van der Waals surface area contributed by atoms with Gasteiger partial charge in [-0.25, -0.2) is 4.79 Å². The first-order chi connectivity index (χ1) is 5.91. The Labute approximate surface area is 78.3 Å². The molecular weight excluding hydrogens is 200 g/mol. The Morgan fingerprint density at radius 3 is 1.79 bits per heavy atom. The lowest BCUT2D eigenvalue weighted by molar-refractivity contribution is -0.163. The van der Waals surface area contributed by atoms with E-state index in [0.717, 1.165) is 0 Å². The minimum atomic E-state index is -2.25. The molecule has 8 heteroatoms. The van der Waals surface area contributed by atoms with Gasteiger partial charge in [0.15, 0.2) is 12.4 Å². The maximum absolute atomic E-state index is 10.1. The Morgan fingerprint density at radius 2 is 1.50 bits per heavy atom. The summed E-state index contributed by atoms with van der Waals surface area (Å²) in [6.07, 6.45) is -8.39. The van der Waals surface area contributed by atoms with Crippen molar-refractivity contribution in [2.75, 3.05) is 0 Å². The lowest BCUT2D eigenvalue weighted by Crippen LogP contribution is -2.48. The van der Waals surface area contributed by atoms with Gasteiger partial charge < -0.3 is 35.8 Å². The van der Waals surface area contributed by atoms with Gasteiger partial charge in [0.1, 0.15) is 18.3 Å². The van der Waals surface area contributed by atoms with Crippen molar-refractivity contribution in [3.63, 3.8) is 0 Å². The van der Waals surface area contributed by atoms with E-state index >= 15 is 0 Å². The van der Waals surface area contributed by atoms with Gasteiger partial charge in [-0.1, -0.05) is 0 Å². The summed E-state index contributed by atoms with van der Waals surface area (Å²) in [5, 5.41) is 43.2. The van der Waals surface area contributed by atoms with Crippen molar-refractivity contribution in [1.82, 2.24) is 0 Å². The number of carbonyl (C=O) groups excluding carboxylic acids is 1. The fourth-order valence-corrected chi connectivity index (χ4v) is 0.615. The van der Waals surface area contributed by atoms with Crippen LogP contribution in [0, 0.1) is 0 Å². The van der Waals surface area contributed by atoms with Gasteiger partial charge in [-0.3, -0.25) is 0 Å². The van der Waals surface area contributed by atoms with Crippen LogP contribution in [0.4, 0.5) is 0 Å². The highest BCUT2D eigenvalue weighted by Gasteiger charge is 2.33. The number of aliphatic hydroxyl groups excluding tert-OH is 4. The number of carbonyl (C=O) groups is 2. The zero-order valence-corrected chi connectivity index (χ0v) is 6.94. The number of aliphatic carboxylic acids is 1. The molecule has 0 bridgehead atoms. The maximum Gasteiger partial charge on any atom is 0.335 e. The predicted molar refractivity (Wildman–Crippen MR) is 41.3 cm³/mol. The van der Waals surface area contributed by atoms with Crippen molar-refractivity contribution >= 4 is 12.3 Å². The van der Waals surface area contributed by atoms with Gasteiger partial charge in [0.05, 0.1) is 0 Å². The molecule has 0 rings (SSSR count). The average molecular weight is 212 g/mol. The van der Waals surface area contributed by atoms with Crippen molar-refractivity contribution in [1.29, 1.82) is 0 Å². The van der Waals surface area contributed by atoms with Crippen LogP contribution in [-0.2, 0) is 9.59 Å². The Kier molecular flexibility index (Phi) is 7.05. The topological polar surface area (TPSA) is 167 Å². The van der Waals surface area contributed by atoms with E-state index in [1.54, 1.807) is 0 Å². The largest absolute Gasteiger partial charge is 0.479 e. The summed E-state index contributed by atoms with van der Waals surface area (Å²) in [6, 6.07) is 0. The summed E-state index contributed by atoms with van der Waals surface area (Å²) in [5.41, 5.74) is 0. The summed E-state index contributed by atoms with van der Waals surface area (Å²) in [7, 11) is 0. The number of rotatable bonds is 5. The highest BCUT2D eigenvalue weighted by atomic mass is 16.4. The lowest BCUT2D eigenvalue weighted by atomic mass is 10.0. The standard InChI is InChI=1S/C6H10O7.H2O/c7-1-2(8)3(9)4(10)5(11)6(12)13;/h1-5,8-11H,(H,12,13);1H2/t2-,3+,4+,5-;/m0./s1. The minimum absolute atomic E-state index is 0. The molecule has 0 amide bonds. The van der Waals surface area contributed by atoms with E-state index < -0.39 is 30.4 Å². The van der Waals surface area contributed by atoms with Crippen molar-refractivity contribution in [2.45, 2.75) is 24.4 Å². The van der Waals surface area contributed by atoms with Crippen molar-refractivity contribution in [2.24, 2.45) is 0 Å². The molecule has 0 fully saturated rings.